The van der Waals surface area contributed by atoms with Crippen LogP contribution in [0.5, 0.6) is 0 Å². The fraction of sp³-hybridized carbons (Fsp3) is 0.120. The molecule has 2 aromatic carbocycles. The number of halogens is 1. The maximum atomic E-state index is 13.5. The summed E-state index contributed by atoms with van der Waals surface area (Å²) >= 11 is 0. The van der Waals surface area contributed by atoms with Crippen LogP contribution in [0.4, 0.5) is 4.39 Å². The van der Waals surface area contributed by atoms with Crippen molar-refractivity contribution in [3.8, 4) is 16.9 Å². The summed E-state index contributed by atoms with van der Waals surface area (Å²) in [6, 6.07) is 23.8. The molecule has 1 amide bonds. The van der Waals surface area contributed by atoms with Crippen LogP contribution in [0.1, 0.15) is 21.7 Å². The number of aromatic nitrogens is 2. The lowest BCUT2D eigenvalue weighted by Crippen LogP contribution is -2.26. The van der Waals surface area contributed by atoms with E-state index in [1.807, 2.05) is 66.1 Å². The van der Waals surface area contributed by atoms with Crippen molar-refractivity contribution in [2.45, 2.75) is 13.3 Å². The first-order valence-corrected chi connectivity index (χ1v) is 9.85. The van der Waals surface area contributed by atoms with Crippen LogP contribution in [0, 0.1) is 12.7 Å². The Morgan fingerprint density at radius 1 is 1.00 bits per heavy atom. The van der Waals surface area contributed by atoms with Gasteiger partial charge in [-0.1, -0.05) is 36.4 Å². The molecule has 0 spiro atoms. The maximum Gasteiger partial charge on any atom is 0.253 e. The van der Waals surface area contributed by atoms with Crippen molar-refractivity contribution in [1.29, 1.82) is 0 Å². The van der Waals surface area contributed by atoms with E-state index in [9.17, 15) is 9.18 Å². The summed E-state index contributed by atoms with van der Waals surface area (Å²) in [5.74, 6) is -0.432. The second-order valence-electron chi connectivity index (χ2n) is 7.03. The Morgan fingerprint density at radius 2 is 1.73 bits per heavy atom. The van der Waals surface area contributed by atoms with Crippen LogP contribution < -0.4 is 5.32 Å². The van der Waals surface area contributed by atoms with Gasteiger partial charge in [-0.15, -0.1) is 0 Å². The molecule has 4 nitrogen and oxygen atoms in total. The van der Waals surface area contributed by atoms with Crippen LogP contribution >= 0.6 is 0 Å². The predicted octanol–water partition coefficient (Wildman–Crippen LogP) is 4.96. The minimum Gasteiger partial charge on any atom is -0.352 e. The monoisotopic (exact) mass is 399 g/mol. The molecule has 2 heterocycles. The number of nitrogens with zero attached hydrogens (tertiary/aromatic N) is 2. The molecule has 0 aliphatic heterocycles. The van der Waals surface area contributed by atoms with E-state index in [1.54, 1.807) is 18.3 Å². The summed E-state index contributed by atoms with van der Waals surface area (Å²) in [6.07, 6.45) is 2.41. The Hall–Kier alpha value is -3.73. The summed E-state index contributed by atoms with van der Waals surface area (Å²) in [5.41, 5.74) is 5.01. The lowest BCUT2D eigenvalue weighted by Gasteiger charge is -2.12. The first kappa shape index (κ1) is 19.6. The van der Waals surface area contributed by atoms with Crippen LogP contribution in [-0.2, 0) is 6.42 Å². The van der Waals surface area contributed by atoms with Crippen molar-refractivity contribution in [2.75, 3.05) is 6.54 Å². The third-order valence-electron chi connectivity index (χ3n) is 5.04. The van der Waals surface area contributed by atoms with Gasteiger partial charge in [0.15, 0.2) is 0 Å². The van der Waals surface area contributed by atoms with E-state index in [4.69, 9.17) is 0 Å². The van der Waals surface area contributed by atoms with E-state index in [1.165, 1.54) is 12.1 Å². The summed E-state index contributed by atoms with van der Waals surface area (Å²) < 4.78 is 15.4. The van der Waals surface area contributed by atoms with Crippen molar-refractivity contribution in [1.82, 2.24) is 14.9 Å². The summed E-state index contributed by atoms with van der Waals surface area (Å²) in [4.78, 5) is 17.2. The number of carbonyl (C=O) groups is 1. The Balaban J connectivity index is 1.65. The van der Waals surface area contributed by atoms with E-state index in [0.29, 0.717) is 18.5 Å². The molecule has 1 N–H and O–H groups in total. The zero-order valence-corrected chi connectivity index (χ0v) is 16.7. The molecule has 30 heavy (non-hydrogen) atoms. The van der Waals surface area contributed by atoms with Crippen molar-refractivity contribution in [2.24, 2.45) is 0 Å². The number of hydrogen-bond acceptors (Lipinski definition) is 2. The molecule has 0 aliphatic carbocycles. The van der Waals surface area contributed by atoms with Gasteiger partial charge in [-0.25, -0.2) is 4.39 Å². The smallest absolute Gasteiger partial charge is 0.253 e. The van der Waals surface area contributed by atoms with E-state index in [-0.39, 0.29) is 11.7 Å². The summed E-state index contributed by atoms with van der Waals surface area (Å²) in [7, 11) is 0. The highest BCUT2D eigenvalue weighted by Gasteiger charge is 2.19. The maximum absolute atomic E-state index is 13.5. The normalized spacial score (nSPS) is 10.7. The number of amides is 1. The van der Waals surface area contributed by atoms with E-state index in [0.717, 1.165) is 28.3 Å². The third-order valence-corrected chi connectivity index (χ3v) is 5.04. The molecule has 4 rings (SSSR count). The molecule has 0 unspecified atom stereocenters. The zero-order chi connectivity index (χ0) is 20.9. The predicted molar refractivity (Wildman–Crippen MR) is 116 cm³/mol. The quantitative estimate of drug-likeness (QED) is 0.498. The van der Waals surface area contributed by atoms with Gasteiger partial charge in [-0.3, -0.25) is 9.78 Å². The Morgan fingerprint density at radius 3 is 2.43 bits per heavy atom. The van der Waals surface area contributed by atoms with Crippen LogP contribution in [0.25, 0.3) is 16.9 Å². The van der Waals surface area contributed by atoms with E-state index in [2.05, 4.69) is 10.3 Å². The van der Waals surface area contributed by atoms with Gasteiger partial charge in [-0.05, 0) is 55.0 Å². The second kappa shape index (κ2) is 8.74. The van der Waals surface area contributed by atoms with Crippen molar-refractivity contribution in [3.05, 3.63) is 108 Å². The SMILES string of the molecule is Cc1c(C(=O)NCCc2ccccn2)cc(-c2ccccc2)n1-c1ccc(F)cc1. The lowest BCUT2D eigenvalue weighted by atomic mass is 10.1. The molecule has 0 fully saturated rings. The number of benzene rings is 2. The van der Waals surface area contributed by atoms with Crippen LogP contribution in [-0.4, -0.2) is 22.0 Å². The molecule has 2 aromatic heterocycles. The Labute approximate surface area is 175 Å². The highest BCUT2D eigenvalue weighted by Crippen LogP contribution is 2.29. The highest BCUT2D eigenvalue weighted by atomic mass is 19.1. The van der Waals surface area contributed by atoms with E-state index < -0.39 is 0 Å². The van der Waals surface area contributed by atoms with Gasteiger partial charge in [0.25, 0.3) is 5.91 Å². The third kappa shape index (κ3) is 4.15. The van der Waals surface area contributed by atoms with E-state index >= 15 is 0 Å². The van der Waals surface area contributed by atoms with Crippen molar-refractivity contribution < 1.29 is 9.18 Å². The molecule has 5 heteroatoms. The van der Waals surface area contributed by atoms with Gasteiger partial charge in [0.2, 0.25) is 0 Å². The molecule has 0 saturated carbocycles. The van der Waals surface area contributed by atoms with Crippen LogP contribution in [0.2, 0.25) is 0 Å². The average Bonchev–Trinajstić information content (AvgIpc) is 3.13. The van der Waals surface area contributed by atoms with Gasteiger partial charge in [0.1, 0.15) is 5.82 Å². The minimum absolute atomic E-state index is 0.138. The van der Waals surface area contributed by atoms with Gasteiger partial charge < -0.3 is 9.88 Å². The Bertz CT molecular complexity index is 1140. The largest absolute Gasteiger partial charge is 0.352 e. The van der Waals surface area contributed by atoms with Crippen LogP contribution in [0.3, 0.4) is 0 Å². The number of rotatable bonds is 6. The fourth-order valence-electron chi connectivity index (χ4n) is 3.53. The van der Waals surface area contributed by atoms with Crippen molar-refractivity contribution >= 4 is 5.91 Å². The van der Waals surface area contributed by atoms with Crippen LogP contribution in [0.15, 0.2) is 85.1 Å². The standard InChI is InChI=1S/C25H22FN3O/c1-18-23(25(30)28-16-14-21-9-5-6-15-27-21)17-24(19-7-3-2-4-8-19)29(18)22-12-10-20(26)11-13-22/h2-13,15,17H,14,16H2,1H3,(H,28,30). The number of hydrogen-bond donors (Lipinski definition) is 1. The minimum atomic E-state index is -0.294. The number of carbonyl (C=O) groups excluding carboxylic acids is 1. The second-order valence-corrected chi connectivity index (χ2v) is 7.03. The molecule has 0 aliphatic rings. The highest BCUT2D eigenvalue weighted by molar-refractivity contribution is 5.97. The van der Waals surface area contributed by atoms with Gasteiger partial charge in [0, 0.05) is 36.2 Å². The topological polar surface area (TPSA) is 46.9 Å². The first-order valence-electron chi connectivity index (χ1n) is 9.85. The van der Waals surface area contributed by atoms with Gasteiger partial charge >= 0.3 is 0 Å². The average molecular weight is 399 g/mol. The zero-order valence-electron chi connectivity index (χ0n) is 16.7. The molecule has 0 radical (unpaired) electrons. The fourth-order valence-corrected chi connectivity index (χ4v) is 3.53. The summed E-state index contributed by atoms with van der Waals surface area (Å²) in [6.45, 7) is 2.40. The molecule has 4 aromatic rings. The Kier molecular flexibility index (Phi) is 5.70. The molecule has 0 atom stereocenters. The number of pyridine rings is 1. The molecule has 150 valence electrons. The molecule has 0 bridgehead atoms. The number of nitrogens with one attached hydrogen (secondary N) is 1. The van der Waals surface area contributed by atoms with Gasteiger partial charge in [-0.2, -0.15) is 0 Å². The molecule has 0 saturated heterocycles. The molecular weight excluding hydrogens is 377 g/mol. The van der Waals surface area contributed by atoms with Crippen molar-refractivity contribution in [3.63, 3.8) is 0 Å². The first-order chi connectivity index (χ1) is 14.6. The summed E-state index contributed by atoms with van der Waals surface area (Å²) in [5, 5.41) is 2.99. The lowest BCUT2D eigenvalue weighted by molar-refractivity contribution is 0.0953. The molecular formula is C25H22FN3O. The van der Waals surface area contributed by atoms with Gasteiger partial charge in [0.05, 0.1) is 11.3 Å².